The molecule has 0 fully saturated rings. The number of esters is 2. The lowest BCUT2D eigenvalue weighted by Gasteiger charge is -2.10. The number of halogens is 3. The van der Waals surface area contributed by atoms with Crippen molar-refractivity contribution in [2.45, 2.75) is 0 Å². The van der Waals surface area contributed by atoms with Gasteiger partial charge in [0.2, 0.25) is 5.90 Å². The molecule has 1 aliphatic heterocycles. The summed E-state index contributed by atoms with van der Waals surface area (Å²) in [5, 5.41) is 0. The standard InChI is InChI=1S/C23H12Br3NO4/c24-16-8-6-14(7-9-16)21-27-19(23(29)31-21)12-13-10-17(25)20(18(26)11-13)30-22(28)15-4-2-1-3-5-15/h1-12H/b19-12-. The van der Waals surface area contributed by atoms with Crippen LogP contribution in [0.5, 0.6) is 5.75 Å². The number of aliphatic imine (C=N–C) groups is 1. The Morgan fingerprint density at radius 3 is 2.23 bits per heavy atom. The molecule has 154 valence electrons. The van der Waals surface area contributed by atoms with Crippen molar-refractivity contribution >= 4 is 71.7 Å². The molecule has 0 spiro atoms. The quantitative estimate of drug-likeness (QED) is 0.193. The molecule has 0 aliphatic carbocycles. The van der Waals surface area contributed by atoms with Crippen LogP contribution < -0.4 is 4.74 Å². The van der Waals surface area contributed by atoms with E-state index < -0.39 is 11.9 Å². The molecule has 4 rings (SSSR count). The van der Waals surface area contributed by atoms with Crippen LogP contribution in [0.3, 0.4) is 0 Å². The SMILES string of the molecule is O=C1OC(c2ccc(Br)cc2)=N/C1=C\c1cc(Br)c(OC(=O)c2ccccc2)c(Br)c1. The monoisotopic (exact) mass is 603 g/mol. The first-order chi connectivity index (χ1) is 14.9. The predicted molar refractivity (Wildman–Crippen MR) is 128 cm³/mol. The third-order valence-electron chi connectivity index (χ3n) is 4.24. The summed E-state index contributed by atoms with van der Waals surface area (Å²) in [6.07, 6.45) is 1.60. The van der Waals surface area contributed by atoms with Gasteiger partial charge in [-0.05, 0) is 92.0 Å². The molecule has 0 aromatic heterocycles. The van der Waals surface area contributed by atoms with Crippen LogP contribution in [0.25, 0.3) is 6.08 Å². The van der Waals surface area contributed by atoms with Gasteiger partial charge in [0, 0.05) is 10.0 Å². The summed E-state index contributed by atoms with van der Waals surface area (Å²) in [5.41, 5.74) is 1.98. The fraction of sp³-hybridized carbons (Fsp3) is 0. The van der Waals surface area contributed by atoms with Gasteiger partial charge in [0.05, 0.1) is 14.5 Å². The maximum atomic E-state index is 12.4. The first-order valence-electron chi connectivity index (χ1n) is 8.95. The zero-order chi connectivity index (χ0) is 22.0. The van der Waals surface area contributed by atoms with Crippen molar-refractivity contribution in [3.05, 3.63) is 103 Å². The summed E-state index contributed by atoms with van der Waals surface area (Å²) >= 11 is 10.2. The van der Waals surface area contributed by atoms with E-state index in [1.165, 1.54) is 0 Å². The van der Waals surface area contributed by atoms with Gasteiger partial charge >= 0.3 is 11.9 Å². The smallest absolute Gasteiger partial charge is 0.363 e. The van der Waals surface area contributed by atoms with E-state index in [0.29, 0.717) is 31.4 Å². The maximum absolute atomic E-state index is 12.4. The van der Waals surface area contributed by atoms with Crippen LogP contribution in [0.2, 0.25) is 0 Å². The first-order valence-corrected chi connectivity index (χ1v) is 11.3. The Morgan fingerprint density at radius 1 is 0.935 bits per heavy atom. The molecule has 1 heterocycles. The van der Waals surface area contributed by atoms with Crippen molar-refractivity contribution < 1.29 is 19.1 Å². The molecule has 0 saturated heterocycles. The summed E-state index contributed by atoms with van der Waals surface area (Å²) in [6, 6.07) is 19.5. The summed E-state index contributed by atoms with van der Waals surface area (Å²) in [6.45, 7) is 0. The number of cyclic esters (lactones) is 1. The van der Waals surface area contributed by atoms with E-state index in [4.69, 9.17) is 9.47 Å². The second-order valence-electron chi connectivity index (χ2n) is 6.41. The van der Waals surface area contributed by atoms with E-state index in [1.807, 2.05) is 30.3 Å². The Labute approximate surface area is 203 Å². The van der Waals surface area contributed by atoms with Crippen molar-refractivity contribution in [1.29, 1.82) is 0 Å². The lowest BCUT2D eigenvalue weighted by Crippen LogP contribution is -2.09. The van der Waals surface area contributed by atoms with E-state index in [2.05, 4.69) is 52.8 Å². The second kappa shape index (κ2) is 9.30. The second-order valence-corrected chi connectivity index (χ2v) is 9.04. The Bertz CT molecular complexity index is 1210. The Balaban J connectivity index is 1.59. The topological polar surface area (TPSA) is 65.0 Å². The number of benzene rings is 3. The van der Waals surface area contributed by atoms with Crippen molar-refractivity contribution in [3.63, 3.8) is 0 Å². The Hall–Kier alpha value is -2.55. The van der Waals surface area contributed by atoms with Crippen LogP contribution in [0.4, 0.5) is 0 Å². The van der Waals surface area contributed by atoms with Gasteiger partial charge in [-0.3, -0.25) is 0 Å². The molecule has 0 atom stereocenters. The van der Waals surface area contributed by atoms with E-state index >= 15 is 0 Å². The highest BCUT2D eigenvalue weighted by molar-refractivity contribution is 9.11. The van der Waals surface area contributed by atoms with E-state index in [1.54, 1.807) is 42.5 Å². The summed E-state index contributed by atoms with van der Waals surface area (Å²) < 4.78 is 12.8. The van der Waals surface area contributed by atoms with Gasteiger partial charge < -0.3 is 9.47 Å². The van der Waals surface area contributed by atoms with Gasteiger partial charge in [-0.15, -0.1) is 0 Å². The average molecular weight is 606 g/mol. The summed E-state index contributed by atoms with van der Waals surface area (Å²) in [7, 11) is 0. The highest BCUT2D eigenvalue weighted by Gasteiger charge is 2.24. The third-order valence-corrected chi connectivity index (χ3v) is 5.95. The number of hydrogen-bond acceptors (Lipinski definition) is 5. The summed E-state index contributed by atoms with van der Waals surface area (Å²) in [5.74, 6) is -0.430. The van der Waals surface area contributed by atoms with Crippen molar-refractivity contribution in [2.75, 3.05) is 0 Å². The third kappa shape index (κ3) is 5.03. The largest absolute Gasteiger partial charge is 0.421 e. The fourth-order valence-corrected chi connectivity index (χ4v) is 4.42. The molecule has 3 aromatic carbocycles. The predicted octanol–water partition coefficient (Wildman–Crippen LogP) is 6.54. The zero-order valence-electron chi connectivity index (χ0n) is 15.6. The Morgan fingerprint density at radius 2 is 1.58 bits per heavy atom. The molecule has 8 heteroatoms. The maximum Gasteiger partial charge on any atom is 0.363 e. The highest BCUT2D eigenvalue weighted by atomic mass is 79.9. The van der Waals surface area contributed by atoms with E-state index in [0.717, 1.165) is 4.47 Å². The average Bonchev–Trinajstić information content (AvgIpc) is 3.12. The number of ether oxygens (including phenoxy) is 2. The molecule has 5 nitrogen and oxygen atoms in total. The fourth-order valence-electron chi connectivity index (χ4n) is 2.77. The highest BCUT2D eigenvalue weighted by Crippen LogP contribution is 2.36. The van der Waals surface area contributed by atoms with Crippen LogP contribution in [0.15, 0.2) is 90.8 Å². The number of hydrogen-bond donors (Lipinski definition) is 0. The van der Waals surface area contributed by atoms with Gasteiger partial charge in [0.25, 0.3) is 0 Å². The molecule has 0 amide bonds. The molecule has 0 unspecified atom stereocenters. The van der Waals surface area contributed by atoms with Gasteiger partial charge in [-0.1, -0.05) is 34.1 Å². The van der Waals surface area contributed by atoms with Crippen molar-refractivity contribution in [2.24, 2.45) is 4.99 Å². The molecule has 3 aromatic rings. The summed E-state index contributed by atoms with van der Waals surface area (Å²) in [4.78, 5) is 28.9. The lowest BCUT2D eigenvalue weighted by atomic mass is 10.2. The number of carbonyl (C=O) groups excluding carboxylic acids is 2. The number of carbonyl (C=O) groups is 2. The van der Waals surface area contributed by atoms with Crippen LogP contribution in [0.1, 0.15) is 21.5 Å². The molecule has 31 heavy (non-hydrogen) atoms. The van der Waals surface area contributed by atoms with Crippen molar-refractivity contribution in [3.8, 4) is 5.75 Å². The van der Waals surface area contributed by atoms with Crippen molar-refractivity contribution in [1.82, 2.24) is 0 Å². The normalized spacial score (nSPS) is 14.4. The molecule has 1 aliphatic rings. The minimum atomic E-state index is -0.537. The molecular formula is C23H12Br3NO4. The number of rotatable bonds is 4. The minimum Gasteiger partial charge on any atom is -0.421 e. The number of nitrogens with zero attached hydrogens (tertiary/aromatic N) is 1. The molecular weight excluding hydrogens is 594 g/mol. The molecule has 0 radical (unpaired) electrons. The van der Waals surface area contributed by atoms with Gasteiger partial charge in [0.1, 0.15) is 0 Å². The van der Waals surface area contributed by atoms with Crippen LogP contribution in [0, 0.1) is 0 Å². The van der Waals surface area contributed by atoms with Crippen LogP contribution >= 0.6 is 47.8 Å². The Kier molecular flexibility index (Phi) is 6.50. The van der Waals surface area contributed by atoms with Gasteiger partial charge in [-0.25, -0.2) is 14.6 Å². The zero-order valence-corrected chi connectivity index (χ0v) is 20.4. The molecule has 0 saturated carbocycles. The minimum absolute atomic E-state index is 0.172. The van der Waals surface area contributed by atoms with Gasteiger partial charge in [-0.2, -0.15) is 0 Å². The van der Waals surface area contributed by atoms with Crippen LogP contribution in [-0.2, 0) is 9.53 Å². The molecule has 0 N–H and O–H groups in total. The van der Waals surface area contributed by atoms with E-state index in [-0.39, 0.29) is 11.6 Å². The lowest BCUT2D eigenvalue weighted by molar-refractivity contribution is -0.129. The first kappa shape index (κ1) is 21.7. The van der Waals surface area contributed by atoms with Gasteiger partial charge in [0.15, 0.2) is 11.4 Å². The molecule has 0 bridgehead atoms. The van der Waals surface area contributed by atoms with E-state index in [9.17, 15) is 9.59 Å². The van der Waals surface area contributed by atoms with Crippen LogP contribution in [-0.4, -0.2) is 17.8 Å².